The van der Waals surface area contributed by atoms with Gasteiger partial charge in [0.15, 0.2) is 0 Å². The van der Waals surface area contributed by atoms with Gasteiger partial charge < -0.3 is 4.74 Å². The first-order chi connectivity index (χ1) is 10.3. The van der Waals surface area contributed by atoms with Gasteiger partial charge in [0.1, 0.15) is 5.75 Å². The van der Waals surface area contributed by atoms with Crippen LogP contribution in [0.3, 0.4) is 0 Å². The summed E-state index contributed by atoms with van der Waals surface area (Å²) in [6, 6.07) is 16.2. The quantitative estimate of drug-likeness (QED) is 0.667. The van der Waals surface area contributed by atoms with Gasteiger partial charge in [-0.1, -0.05) is 41.9 Å². The number of hydrogen-bond donors (Lipinski definition) is 2. The van der Waals surface area contributed by atoms with Gasteiger partial charge in [-0.2, -0.15) is 0 Å². The Kier molecular flexibility index (Phi) is 4.44. The molecule has 2 aromatic rings. The average molecular weight is 303 g/mol. The van der Waals surface area contributed by atoms with Crippen molar-refractivity contribution in [1.82, 2.24) is 5.43 Å². The molecule has 110 valence electrons. The minimum atomic E-state index is 0.0832. The highest BCUT2D eigenvalue weighted by Crippen LogP contribution is 2.38. The van der Waals surface area contributed by atoms with Gasteiger partial charge >= 0.3 is 0 Å². The van der Waals surface area contributed by atoms with Crippen molar-refractivity contribution in [3.8, 4) is 5.75 Å². The third-order valence-corrected chi connectivity index (χ3v) is 4.29. The fraction of sp³-hybridized carbons (Fsp3) is 0.294. The molecule has 21 heavy (non-hydrogen) atoms. The summed E-state index contributed by atoms with van der Waals surface area (Å²) in [7, 11) is 0. The van der Waals surface area contributed by atoms with E-state index in [1.807, 2.05) is 30.3 Å². The highest BCUT2D eigenvalue weighted by atomic mass is 35.5. The molecule has 3 N–H and O–H groups in total. The highest BCUT2D eigenvalue weighted by Gasteiger charge is 2.24. The second kappa shape index (κ2) is 6.48. The molecule has 0 saturated carbocycles. The first-order valence-electron chi connectivity index (χ1n) is 7.21. The Hall–Kier alpha value is -1.55. The Morgan fingerprint density at radius 2 is 2.10 bits per heavy atom. The summed E-state index contributed by atoms with van der Waals surface area (Å²) in [4.78, 5) is 0. The standard InChI is InChI=1S/C17H19ClN2O/c18-14-5-3-4-13(10-14)16(20-19)11-12-8-9-21-17-7-2-1-6-15(12)17/h1-7,10,12,16,20H,8-9,11,19H2. The number of nitrogens with one attached hydrogen (secondary N) is 1. The van der Waals surface area contributed by atoms with Crippen molar-refractivity contribution in [2.24, 2.45) is 5.84 Å². The SMILES string of the molecule is NNC(CC1CCOc2ccccc21)c1cccc(Cl)c1. The van der Waals surface area contributed by atoms with Crippen LogP contribution in [0.25, 0.3) is 0 Å². The van der Waals surface area contributed by atoms with Crippen LogP contribution in [0, 0.1) is 0 Å². The van der Waals surface area contributed by atoms with Crippen molar-refractivity contribution < 1.29 is 4.74 Å². The van der Waals surface area contributed by atoms with Crippen LogP contribution in [0.1, 0.15) is 35.9 Å². The fourth-order valence-electron chi connectivity index (χ4n) is 2.97. The zero-order chi connectivity index (χ0) is 14.7. The Labute approximate surface area is 130 Å². The molecule has 0 aliphatic carbocycles. The van der Waals surface area contributed by atoms with Crippen LogP contribution in [0.2, 0.25) is 5.02 Å². The molecule has 1 aliphatic rings. The molecule has 0 aromatic heterocycles. The van der Waals surface area contributed by atoms with Crippen LogP contribution in [-0.4, -0.2) is 6.61 Å². The minimum absolute atomic E-state index is 0.0832. The Morgan fingerprint density at radius 1 is 1.24 bits per heavy atom. The van der Waals surface area contributed by atoms with E-state index in [9.17, 15) is 0 Å². The number of benzene rings is 2. The van der Waals surface area contributed by atoms with Crippen molar-refractivity contribution in [2.75, 3.05) is 6.61 Å². The molecular formula is C17H19ClN2O. The lowest BCUT2D eigenvalue weighted by Crippen LogP contribution is -2.30. The van der Waals surface area contributed by atoms with E-state index in [-0.39, 0.29) is 6.04 Å². The Bertz CT molecular complexity index is 617. The molecule has 0 saturated heterocycles. The monoisotopic (exact) mass is 302 g/mol. The molecular weight excluding hydrogens is 284 g/mol. The van der Waals surface area contributed by atoms with Crippen LogP contribution in [0.15, 0.2) is 48.5 Å². The van der Waals surface area contributed by atoms with Crippen LogP contribution < -0.4 is 16.0 Å². The topological polar surface area (TPSA) is 47.3 Å². The fourth-order valence-corrected chi connectivity index (χ4v) is 3.17. The number of ether oxygens (including phenoxy) is 1. The number of rotatable bonds is 4. The molecule has 0 fully saturated rings. The van der Waals surface area contributed by atoms with Crippen molar-refractivity contribution in [2.45, 2.75) is 24.8 Å². The van der Waals surface area contributed by atoms with E-state index >= 15 is 0 Å². The summed E-state index contributed by atoms with van der Waals surface area (Å²) in [6.07, 6.45) is 1.94. The predicted molar refractivity (Wildman–Crippen MR) is 85.4 cm³/mol. The second-order valence-corrected chi connectivity index (χ2v) is 5.82. The molecule has 1 heterocycles. The largest absolute Gasteiger partial charge is 0.493 e. The van der Waals surface area contributed by atoms with Crippen molar-refractivity contribution in [3.63, 3.8) is 0 Å². The first kappa shape index (κ1) is 14.4. The van der Waals surface area contributed by atoms with Crippen LogP contribution in [0.5, 0.6) is 5.75 Å². The van der Waals surface area contributed by atoms with Gasteiger partial charge in [0, 0.05) is 11.1 Å². The van der Waals surface area contributed by atoms with E-state index in [1.54, 1.807) is 0 Å². The zero-order valence-electron chi connectivity index (χ0n) is 11.8. The van der Waals surface area contributed by atoms with E-state index in [0.717, 1.165) is 35.8 Å². The lowest BCUT2D eigenvalue weighted by Gasteiger charge is -2.29. The molecule has 2 aromatic carbocycles. The van der Waals surface area contributed by atoms with Crippen LogP contribution in [0.4, 0.5) is 0 Å². The van der Waals surface area contributed by atoms with Gasteiger partial charge in [-0.3, -0.25) is 11.3 Å². The van der Waals surface area contributed by atoms with E-state index in [1.165, 1.54) is 5.56 Å². The van der Waals surface area contributed by atoms with Crippen molar-refractivity contribution >= 4 is 11.6 Å². The van der Waals surface area contributed by atoms with Gasteiger partial charge in [-0.05, 0) is 48.1 Å². The molecule has 0 spiro atoms. The number of nitrogens with two attached hydrogens (primary N) is 1. The average Bonchev–Trinajstić information content (AvgIpc) is 2.52. The van der Waals surface area contributed by atoms with Crippen LogP contribution in [-0.2, 0) is 0 Å². The molecule has 2 atom stereocenters. The maximum Gasteiger partial charge on any atom is 0.122 e. The lowest BCUT2D eigenvalue weighted by molar-refractivity contribution is 0.255. The summed E-state index contributed by atoms with van der Waals surface area (Å²) in [5.41, 5.74) is 5.31. The third-order valence-electron chi connectivity index (χ3n) is 4.06. The van der Waals surface area contributed by atoms with Crippen molar-refractivity contribution in [3.05, 3.63) is 64.7 Å². The third kappa shape index (κ3) is 3.21. The summed E-state index contributed by atoms with van der Waals surface area (Å²) in [5, 5.41) is 0.736. The first-order valence-corrected chi connectivity index (χ1v) is 7.59. The Morgan fingerprint density at radius 3 is 2.90 bits per heavy atom. The molecule has 3 rings (SSSR count). The van der Waals surface area contributed by atoms with E-state index < -0.39 is 0 Å². The van der Waals surface area contributed by atoms with Gasteiger partial charge in [0.05, 0.1) is 6.61 Å². The maximum absolute atomic E-state index is 6.08. The van der Waals surface area contributed by atoms with Crippen LogP contribution >= 0.6 is 11.6 Å². The summed E-state index contributed by atoms with van der Waals surface area (Å²) < 4.78 is 5.72. The number of hydrazine groups is 1. The normalized spacial score (nSPS) is 18.7. The van der Waals surface area contributed by atoms with Gasteiger partial charge in [-0.15, -0.1) is 0 Å². The van der Waals surface area contributed by atoms with Gasteiger partial charge in [-0.25, -0.2) is 0 Å². The molecule has 0 bridgehead atoms. The smallest absolute Gasteiger partial charge is 0.122 e. The number of hydrogen-bond acceptors (Lipinski definition) is 3. The van der Waals surface area contributed by atoms with Gasteiger partial charge in [0.25, 0.3) is 0 Å². The molecule has 1 aliphatic heterocycles. The lowest BCUT2D eigenvalue weighted by atomic mass is 9.86. The second-order valence-electron chi connectivity index (χ2n) is 5.38. The van der Waals surface area contributed by atoms with E-state index in [2.05, 4.69) is 23.6 Å². The molecule has 4 heteroatoms. The Balaban J connectivity index is 1.82. The summed E-state index contributed by atoms with van der Waals surface area (Å²) >= 11 is 6.08. The van der Waals surface area contributed by atoms with E-state index in [4.69, 9.17) is 22.2 Å². The van der Waals surface area contributed by atoms with Crippen molar-refractivity contribution in [1.29, 1.82) is 0 Å². The molecule has 3 nitrogen and oxygen atoms in total. The predicted octanol–water partition coefficient (Wildman–Crippen LogP) is 3.80. The summed E-state index contributed by atoms with van der Waals surface area (Å²) in [5.74, 6) is 7.20. The summed E-state index contributed by atoms with van der Waals surface area (Å²) in [6.45, 7) is 0.758. The molecule has 2 unspecified atom stereocenters. The highest BCUT2D eigenvalue weighted by molar-refractivity contribution is 6.30. The molecule has 0 radical (unpaired) electrons. The number of fused-ring (bicyclic) bond motifs is 1. The number of halogens is 1. The van der Waals surface area contributed by atoms with E-state index in [0.29, 0.717) is 5.92 Å². The number of para-hydroxylation sites is 1. The zero-order valence-corrected chi connectivity index (χ0v) is 12.5. The van der Waals surface area contributed by atoms with Gasteiger partial charge in [0.2, 0.25) is 0 Å². The minimum Gasteiger partial charge on any atom is -0.493 e. The maximum atomic E-state index is 6.08. The molecule has 0 amide bonds.